The number of imidazole rings is 1. The number of hydrogen-bond acceptors (Lipinski definition) is 2. The lowest BCUT2D eigenvalue weighted by atomic mass is 9.89. The molecule has 1 aliphatic carbocycles. The molecule has 2 aromatic rings. The fraction of sp³-hybridized carbons (Fsp3) is 0.357. The maximum Gasteiger partial charge on any atom is 0.0948 e. The zero-order chi connectivity index (χ0) is 11.5. The summed E-state index contributed by atoms with van der Waals surface area (Å²) in [6, 6.07) is 10.9. The Kier molecular flexibility index (Phi) is 2.92. The Morgan fingerprint density at radius 2 is 2.06 bits per heavy atom. The minimum absolute atomic E-state index is 0.405. The molecule has 1 saturated carbocycles. The molecule has 0 amide bonds. The molecule has 88 valence electrons. The van der Waals surface area contributed by atoms with Crippen LogP contribution in [0.4, 0.5) is 0 Å². The summed E-state index contributed by atoms with van der Waals surface area (Å²) in [6.45, 7) is 0.724. The second-order valence-electron chi connectivity index (χ2n) is 4.55. The van der Waals surface area contributed by atoms with Gasteiger partial charge in [-0.2, -0.15) is 0 Å². The van der Waals surface area contributed by atoms with E-state index in [1.807, 2.05) is 36.9 Å². The zero-order valence-electron chi connectivity index (χ0n) is 9.70. The summed E-state index contributed by atoms with van der Waals surface area (Å²) in [5.74, 6) is 0. The smallest absolute Gasteiger partial charge is 0.0948 e. The van der Waals surface area contributed by atoms with Crippen LogP contribution in [0.5, 0.6) is 0 Å². The molecular weight excluding hydrogens is 212 g/mol. The van der Waals surface area contributed by atoms with Gasteiger partial charge >= 0.3 is 0 Å². The van der Waals surface area contributed by atoms with E-state index in [0.29, 0.717) is 12.1 Å². The molecule has 0 atom stereocenters. The van der Waals surface area contributed by atoms with Crippen LogP contribution in [-0.2, 0) is 11.3 Å². The van der Waals surface area contributed by atoms with Crippen molar-refractivity contribution in [3.63, 3.8) is 0 Å². The van der Waals surface area contributed by atoms with Crippen molar-refractivity contribution in [2.45, 2.75) is 31.6 Å². The summed E-state index contributed by atoms with van der Waals surface area (Å²) in [5.41, 5.74) is 1.25. The van der Waals surface area contributed by atoms with Crippen molar-refractivity contribution in [3.05, 3.63) is 54.6 Å². The van der Waals surface area contributed by atoms with Gasteiger partial charge in [0.25, 0.3) is 0 Å². The highest BCUT2D eigenvalue weighted by atomic mass is 16.5. The first-order chi connectivity index (χ1) is 8.42. The van der Waals surface area contributed by atoms with Crippen molar-refractivity contribution in [2.24, 2.45) is 0 Å². The molecule has 0 radical (unpaired) electrons. The second-order valence-corrected chi connectivity index (χ2v) is 4.55. The quantitative estimate of drug-likeness (QED) is 0.804. The Morgan fingerprint density at radius 1 is 1.24 bits per heavy atom. The summed E-state index contributed by atoms with van der Waals surface area (Å²) < 4.78 is 8.03. The van der Waals surface area contributed by atoms with Gasteiger partial charge in [-0.25, -0.2) is 4.98 Å². The minimum Gasteiger partial charge on any atom is -0.373 e. The number of nitrogens with zero attached hydrogens (tertiary/aromatic N) is 2. The normalized spacial score (nSPS) is 23.3. The first-order valence-corrected chi connectivity index (χ1v) is 6.05. The van der Waals surface area contributed by atoms with Crippen LogP contribution in [0, 0.1) is 0 Å². The van der Waals surface area contributed by atoms with Gasteiger partial charge in [-0.3, -0.25) is 0 Å². The first-order valence-electron chi connectivity index (χ1n) is 6.05. The summed E-state index contributed by atoms with van der Waals surface area (Å²) in [4.78, 5) is 4.07. The summed E-state index contributed by atoms with van der Waals surface area (Å²) in [7, 11) is 0. The fourth-order valence-electron chi connectivity index (χ4n) is 2.19. The second kappa shape index (κ2) is 4.72. The van der Waals surface area contributed by atoms with E-state index in [2.05, 4.69) is 21.7 Å². The minimum atomic E-state index is 0.405. The van der Waals surface area contributed by atoms with Gasteiger partial charge in [-0.15, -0.1) is 0 Å². The SMILES string of the molecule is c1ccc(COC2CC(n3ccnc3)C2)cc1. The van der Waals surface area contributed by atoms with E-state index in [0.717, 1.165) is 19.4 Å². The predicted octanol–water partition coefficient (Wildman–Crippen LogP) is 2.80. The van der Waals surface area contributed by atoms with Crippen LogP contribution in [0.15, 0.2) is 49.1 Å². The van der Waals surface area contributed by atoms with Crippen LogP contribution in [-0.4, -0.2) is 15.7 Å². The van der Waals surface area contributed by atoms with Gasteiger partial charge in [-0.1, -0.05) is 30.3 Å². The number of ether oxygens (including phenoxy) is 1. The highest BCUT2D eigenvalue weighted by Gasteiger charge is 2.30. The first kappa shape index (κ1) is 10.5. The van der Waals surface area contributed by atoms with Crippen molar-refractivity contribution >= 4 is 0 Å². The van der Waals surface area contributed by atoms with E-state index >= 15 is 0 Å². The van der Waals surface area contributed by atoms with E-state index in [-0.39, 0.29) is 0 Å². The molecule has 0 spiro atoms. The van der Waals surface area contributed by atoms with E-state index < -0.39 is 0 Å². The average molecular weight is 228 g/mol. The van der Waals surface area contributed by atoms with Crippen molar-refractivity contribution in [1.82, 2.24) is 9.55 Å². The monoisotopic (exact) mass is 228 g/mol. The molecule has 1 aromatic heterocycles. The van der Waals surface area contributed by atoms with Crippen molar-refractivity contribution in [1.29, 1.82) is 0 Å². The van der Waals surface area contributed by atoms with Crippen molar-refractivity contribution in [2.75, 3.05) is 0 Å². The van der Waals surface area contributed by atoms with Gasteiger partial charge in [0.15, 0.2) is 0 Å². The van der Waals surface area contributed by atoms with Gasteiger partial charge in [0.05, 0.1) is 19.0 Å². The molecule has 0 N–H and O–H groups in total. The molecule has 0 bridgehead atoms. The molecule has 1 aromatic carbocycles. The molecule has 3 heteroatoms. The lowest BCUT2D eigenvalue weighted by Crippen LogP contribution is -2.32. The Hall–Kier alpha value is -1.61. The van der Waals surface area contributed by atoms with Crippen LogP contribution < -0.4 is 0 Å². The van der Waals surface area contributed by atoms with Gasteiger partial charge in [0, 0.05) is 18.4 Å². The predicted molar refractivity (Wildman–Crippen MR) is 65.5 cm³/mol. The van der Waals surface area contributed by atoms with Crippen molar-refractivity contribution < 1.29 is 4.74 Å². The molecule has 1 fully saturated rings. The maximum atomic E-state index is 5.86. The zero-order valence-corrected chi connectivity index (χ0v) is 9.70. The largest absolute Gasteiger partial charge is 0.373 e. The standard InChI is InChI=1S/C14H16N2O/c1-2-4-12(5-3-1)10-17-14-8-13(9-14)16-7-6-15-11-16/h1-7,11,13-14H,8-10H2. The number of aromatic nitrogens is 2. The Labute approximate surface area is 101 Å². The van der Waals surface area contributed by atoms with E-state index in [1.165, 1.54) is 5.56 Å². The van der Waals surface area contributed by atoms with E-state index in [1.54, 1.807) is 0 Å². The Balaban J connectivity index is 1.45. The average Bonchev–Trinajstić information content (AvgIpc) is 2.82. The number of benzene rings is 1. The van der Waals surface area contributed by atoms with Crippen molar-refractivity contribution in [3.8, 4) is 0 Å². The van der Waals surface area contributed by atoms with Crippen LogP contribution in [0.1, 0.15) is 24.4 Å². The summed E-state index contributed by atoms with van der Waals surface area (Å²) >= 11 is 0. The molecule has 3 rings (SSSR count). The summed E-state index contributed by atoms with van der Waals surface area (Å²) in [5, 5.41) is 0. The van der Waals surface area contributed by atoms with Gasteiger partial charge < -0.3 is 9.30 Å². The van der Waals surface area contributed by atoms with Gasteiger partial charge in [0.2, 0.25) is 0 Å². The molecule has 0 saturated heterocycles. The van der Waals surface area contributed by atoms with E-state index in [9.17, 15) is 0 Å². The van der Waals surface area contributed by atoms with Crippen LogP contribution in [0.2, 0.25) is 0 Å². The molecule has 0 aliphatic heterocycles. The maximum absolute atomic E-state index is 5.86. The third kappa shape index (κ3) is 2.39. The van der Waals surface area contributed by atoms with E-state index in [4.69, 9.17) is 4.74 Å². The summed E-state index contributed by atoms with van der Waals surface area (Å²) in [6.07, 6.45) is 8.35. The lowest BCUT2D eigenvalue weighted by molar-refractivity contribution is -0.0356. The topological polar surface area (TPSA) is 27.1 Å². The number of rotatable bonds is 4. The molecule has 3 nitrogen and oxygen atoms in total. The highest BCUT2D eigenvalue weighted by Crippen LogP contribution is 2.34. The van der Waals surface area contributed by atoms with Gasteiger partial charge in [0.1, 0.15) is 0 Å². The molecular formula is C14H16N2O. The van der Waals surface area contributed by atoms with Crippen LogP contribution in [0.25, 0.3) is 0 Å². The molecule has 1 aliphatic rings. The van der Waals surface area contributed by atoms with Crippen LogP contribution >= 0.6 is 0 Å². The fourth-order valence-corrected chi connectivity index (χ4v) is 2.19. The molecule has 1 heterocycles. The highest BCUT2D eigenvalue weighted by molar-refractivity contribution is 5.13. The Bertz CT molecular complexity index is 446. The third-order valence-corrected chi connectivity index (χ3v) is 3.34. The van der Waals surface area contributed by atoms with Gasteiger partial charge in [-0.05, 0) is 18.4 Å². The Morgan fingerprint density at radius 3 is 2.76 bits per heavy atom. The van der Waals surface area contributed by atoms with Crippen LogP contribution in [0.3, 0.4) is 0 Å². The molecule has 17 heavy (non-hydrogen) atoms. The molecule has 0 unspecified atom stereocenters. The lowest BCUT2D eigenvalue weighted by Gasteiger charge is -2.35. The third-order valence-electron chi connectivity index (χ3n) is 3.34. The number of hydrogen-bond donors (Lipinski definition) is 0.